The van der Waals surface area contributed by atoms with Crippen molar-refractivity contribution in [1.29, 1.82) is 0 Å². The quantitative estimate of drug-likeness (QED) is 0.783. The average molecular weight is 382 g/mol. The number of nitrogens with zero attached hydrogens (tertiary/aromatic N) is 1. The van der Waals surface area contributed by atoms with Crippen LogP contribution in [0.1, 0.15) is 34.6 Å². The van der Waals surface area contributed by atoms with Crippen LogP contribution >= 0.6 is 23.1 Å². The van der Waals surface area contributed by atoms with E-state index in [1.54, 1.807) is 10.4 Å². The molecule has 1 fully saturated rings. The first-order valence-corrected chi connectivity index (χ1v) is 11.6. The van der Waals surface area contributed by atoms with Gasteiger partial charge in [0.15, 0.2) is 0 Å². The zero-order valence-corrected chi connectivity index (χ0v) is 16.5. The summed E-state index contributed by atoms with van der Waals surface area (Å²) in [6.07, 6.45) is 1.74. The minimum atomic E-state index is -3.35. The highest BCUT2D eigenvalue weighted by molar-refractivity contribution is 7.99. The normalized spacial score (nSPS) is 20.0. The molecule has 3 nitrogen and oxygen atoms in total. The molecule has 6 heteroatoms. The summed E-state index contributed by atoms with van der Waals surface area (Å²) >= 11 is 3.28. The maximum absolute atomic E-state index is 12.9. The van der Waals surface area contributed by atoms with Gasteiger partial charge in [-0.05, 0) is 43.0 Å². The van der Waals surface area contributed by atoms with Crippen LogP contribution in [0.15, 0.2) is 40.6 Å². The Morgan fingerprint density at radius 3 is 2.67 bits per heavy atom. The van der Waals surface area contributed by atoms with Crippen LogP contribution in [0.3, 0.4) is 0 Å². The van der Waals surface area contributed by atoms with E-state index >= 15 is 0 Å². The maximum Gasteiger partial charge on any atom is 0.252 e. The first kappa shape index (κ1) is 18.0. The van der Waals surface area contributed by atoms with Gasteiger partial charge in [-0.15, -0.1) is 11.3 Å². The second-order valence-electron chi connectivity index (χ2n) is 5.98. The van der Waals surface area contributed by atoms with Crippen LogP contribution in [0.25, 0.3) is 0 Å². The van der Waals surface area contributed by atoms with E-state index in [2.05, 4.69) is 38.1 Å². The summed E-state index contributed by atoms with van der Waals surface area (Å²) in [5.41, 5.74) is 2.63. The first-order valence-electron chi connectivity index (χ1n) is 8.28. The molecule has 0 N–H and O–H groups in total. The van der Waals surface area contributed by atoms with E-state index in [0.717, 1.165) is 23.5 Å². The van der Waals surface area contributed by atoms with Crippen LogP contribution in [-0.4, -0.2) is 31.6 Å². The smallest absolute Gasteiger partial charge is 0.206 e. The molecule has 1 aliphatic heterocycles. The third-order valence-corrected chi connectivity index (χ3v) is 9.32. The fourth-order valence-electron chi connectivity index (χ4n) is 3.00. The fraction of sp³-hybridized carbons (Fsp3) is 0.444. The van der Waals surface area contributed by atoms with Crippen molar-refractivity contribution in [3.63, 3.8) is 0 Å². The molecule has 3 rings (SSSR count). The molecule has 0 saturated carbocycles. The molecule has 1 aromatic heterocycles. The van der Waals surface area contributed by atoms with Crippen LogP contribution in [0, 0.1) is 6.92 Å². The number of hydrogen-bond acceptors (Lipinski definition) is 4. The summed E-state index contributed by atoms with van der Waals surface area (Å²) in [5, 5.41) is 0.376. The number of hydrogen-bond donors (Lipinski definition) is 0. The van der Waals surface area contributed by atoms with Crippen molar-refractivity contribution in [2.45, 2.75) is 36.1 Å². The fourth-order valence-corrected chi connectivity index (χ4v) is 7.35. The molecule has 1 aromatic carbocycles. The highest BCUT2D eigenvalue weighted by Crippen LogP contribution is 2.37. The molecule has 24 heavy (non-hydrogen) atoms. The minimum absolute atomic E-state index is 0.376. The number of thioether (sulfide) groups is 1. The van der Waals surface area contributed by atoms with Crippen LogP contribution in [0.4, 0.5) is 0 Å². The van der Waals surface area contributed by atoms with Crippen molar-refractivity contribution < 1.29 is 8.42 Å². The highest BCUT2D eigenvalue weighted by atomic mass is 32.2. The van der Waals surface area contributed by atoms with Crippen molar-refractivity contribution in [3.05, 3.63) is 52.4 Å². The predicted molar refractivity (Wildman–Crippen MR) is 103 cm³/mol. The Kier molecular flexibility index (Phi) is 5.70. The van der Waals surface area contributed by atoms with Crippen molar-refractivity contribution >= 4 is 33.1 Å². The van der Waals surface area contributed by atoms with Crippen molar-refractivity contribution in [3.8, 4) is 0 Å². The van der Waals surface area contributed by atoms with Crippen LogP contribution in [-0.2, 0) is 16.4 Å². The van der Waals surface area contributed by atoms with Crippen molar-refractivity contribution in [2.24, 2.45) is 0 Å². The summed E-state index contributed by atoms with van der Waals surface area (Å²) in [7, 11) is -3.35. The van der Waals surface area contributed by atoms with Gasteiger partial charge < -0.3 is 0 Å². The van der Waals surface area contributed by atoms with E-state index in [1.165, 1.54) is 22.5 Å². The van der Waals surface area contributed by atoms with E-state index < -0.39 is 10.0 Å². The topological polar surface area (TPSA) is 37.4 Å². The number of thiophene rings is 1. The maximum atomic E-state index is 12.9. The van der Waals surface area contributed by atoms with Crippen LogP contribution < -0.4 is 0 Å². The molecule has 1 saturated heterocycles. The summed E-state index contributed by atoms with van der Waals surface area (Å²) in [6.45, 7) is 5.37. The molecule has 2 aromatic rings. The van der Waals surface area contributed by atoms with Crippen LogP contribution in [0.5, 0.6) is 0 Å². The molecule has 0 radical (unpaired) electrons. The zero-order valence-electron chi connectivity index (χ0n) is 14.1. The summed E-state index contributed by atoms with van der Waals surface area (Å²) in [4.78, 5) is 1.12. The van der Waals surface area contributed by atoms with Crippen molar-refractivity contribution in [2.75, 3.05) is 18.8 Å². The lowest BCUT2D eigenvalue weighted by Gasteiger charge is -2.19. The largest absolute Gasteiger partial charge is 0.252 e. The third-order valence-electron chi connectivity index (χ3n) is 4.42. The molecule has 1 aliphatic rings. The van der Waals surface area contributed by atoms with E-state index in [0.29, 0.717) is 22.5 Å². The van der Waals surface area contributed by atoms with Crippen LogP contribution in [0.2, 0.25) is 0 Å². The molecule has 0 amide bonds. The molecular weight excluding hydrogens is 358 g/mol. The third kappa shape index (κ3) is 3.72. The Bertz CT molecular complexity index is 798. The van der Waals surface area contributed by atoms with Gasteiger partial charge in [0.1, 0.15) is 4.21 Å². The predicted octanol–water partition coefficient (Wildman–Crippen LogP) is 4.49. The number of benzene rings is 1. The molecule has 2 heterocycles. The lowest BCUT2D eigenvalue weighted by atomic mass is 10.0. The molecule has 0 bridgehead atoms. The Morgan fingerprint density at radius 2 is 1.96 bits per heavy atom. The van der Waals surface area contributed by atoms with Gasteiger partial charge in [0.05, 0.1) is 0 Å². The summed E-state index contributed by atoms with van der Waals surface area (Å²) in [5.74, 6) is 0.838. The SMILES string of the molecule is CCc1ccc(S(=O)(=O)N2CCSC(c3ccccc3C)CC2)s1. The Balaban J connectivity index is 1.76. The second-order valence-corrected chi connectivity index (χ2v) is 10.6. The monoisotopic (exact) mass is 381 g/mol. The van der Waals surface area contributed by atoms with Gasteiger partial charge in [0, 0.05) is 29.0 Å². The van der Waals surface area contributed by atoms with Gasteiger partial charge in [-0.25, -0.2) is 8.42 Å². The average Bonchev–Trinajstić information content (AvgIpc) is 2.93. The second kappa shape index (κ2) is 7.60. The molecular formula is C18H23NO2S3. The van der Waals surface area contributed by atoms with E-state index in [9.17, 15) is 8.42 Å². The minimum Gasteiger partial charge on any atom is -0.206 e. The molecule has 1 unspecified atom stereocenters. The van der Waals surface area contributed by atoms with E-state index in [4.69, 9.17) is 0 Å². The van der Waals surface area contributed by atoms with E-state index in [1.807, 2.05) is 17.8 Å². The van der Waals surface area contributed by atoms with Gasteiger partial charge in [0.25, 0.3) is 10.0 Å². The zero-order chi connectivity index (χ0) is 17.2. The summed E-state index contributed by atoms with van der Waals surface area (Å²) in [6, 6.07) is 12.1. The molecule has 130 valence electrons. The summed E-state index contributed by atoms with van der Waals surface area (Å²) < 4.78 is 28.0. The molecule has 1 atom stereocenters. The van der Waals surface area contributed by atoms with Crippen molar-refractivity contribution in [1.82, 2.24) is 4.31 Å². The first-order chi connectivity index (χ1) is 11.5. The standard InChI is InChI=1S/C18H23NO2S3/c1-3-15-8-9-18(23-15)24(20,21)19-11-10-17(22-13-12-19)16-7-5-4-6-14(16)2/h4-9,17H,3,10-13H2,1-2H3. The Morgan fingerprint density at radius 1 is 1.17 bits per heavy atom. The highest BCUT2D eigenvalue weighted by Gasteiger charge is 2.29. The lowest BCUT2D eigenvalue weighted by molar-refractivity contribution is 0.429. The van der Waals surface area contributed by atoms with Gasteiger partial charge in [-0.3, -0.25) is 0 Å². The van der Waals surface area contributed by atoms with Gasteiger partial charge in [-0.1, -0.05) is 31.2 Å². The van der Waals surface area contributed by atoms with E-state index in [-0.39, 0.29) is 0 Å². The molecule has 0 aliphatic carbocycles. The van der Waals surface area contributed by atoms with Gasteiger partial charge >= 0.3 is 0 Å². The molecule has 0 spiro atoms. The number of rotatable bonds is 4. The Labute approximate surface area is 153 Å². The number of sulfonamides is 1. The number of aryl methyl sites for hydroxylation is 2. The van der Waals surface area contributed by atoms with Gasteiger partial charge in [-0.2, -0.15) is 16.1 Å². The Hall–Kier alpha value is -0.820. The lowest BCUT2D eigenvalue weighted by Crippen LogP contribution is -2.32. The van der Waals surface area contributed by atoms with Gasteiger partial charge in [0.2, 0.25) is 0 Å².